The van der Waals surface area contributed by atoms with Crippen molar-refractivity contribution < 1.29 is 14.3 Å². The van der Waals surface area contributed by atoms with E-state index >= 15 is 0 Å². The Morgan fingerprint density at radius 1 is 1.13 bits per heavy atom. The van der Waals surface area contributed by atoms with E-state index in [9.17, 15) is 9.59 Å². The summed E-state index contributed by atoms with van der Waals surface area (Å²) in [5.41, 5.74) is 10.5. The Labute approximate surface area is 223 Å². The number of nitrogens with zero attached hydrogens (tertiary/aromatic N) is 6. The third-order valence-corrected chi connectivity index (χ3v) is 6.71. The second-order valence-electron chi connectivity index (χ2n) is 8.88. The number of imide groups is 1. The van der Waals surface area contributed by atoms with Gasteiger partial charge in [-0.2, -0.15) is 4.98 Å². The molecule has 4 aromatic heterocycles. The number of amides is 2. The Hall–Kier alpha value is -4.49. The number of halogens is 1. The summed E-state index contributed by atoms with van der Waals surface area (Å²) in [6.45, 7) is 4.58. The third kappa shape index (κ3) is 4.41. The molecule has 1 aliphatic heterocycles. The lowest BCUT2D eigenvalue weighted by Crippen LogP contribution is -2.30. The first-order valence-electron chi connectivity index (χ1n) is 11.9. The average molecular weight is 530 g/mol. The Kier molecular flexibility index (Phi) is 6.70. The van der Waals surface area contributed by atoms with Crippen molar-refractivity contribution in [2.45, 2.75) is 33.2 Å². The van der Waals surface area contributed by atoms with E-state index in [0.717, 1.165) is 22.6 Å². The number of rotatable bonds is 6. The molecule has 0 atom stereocenters. The number of carbonyl (C=O) groups excluding carboxylic acids is 2. The molecule has 0 aromatic carbocycles. The fraction of sp³-hybridized carbons (Fsp3) is 0.259. The van der Waals surface area contributed by atoms with Crippen LogP contribution in [0.15, 0.2) is 30.9 Å². The topological polar surface area (TPSA) is 129 Å². The van der Waals surface area contributed by atoms with Gasteiger partial charge >= 0.3 is 0 Å². The third-order valence-electron chi connectivity index (χ3n) is 6.44. The van der Waals surface area contributed by atoms with Crippen molar-refractivity contribution in [1.82, 2.24) is 29.4 Å². The molecule has 2 amide bonds. The SMILES string of the molecule is COc1c(C)cnc(Cn2cc(C#CCCCN3C(=O)c4ccncc4C3=O)c3c(Cl)nc(N)nc32)c1C. The van der Waals surface area contributed by atoms with Gasteiger partial charge in [-0.15, -0.1) is 0 Å². The molecule has 192 valence electrons. The van der Waals surface area contributed by atoms with Gasteiger partial charge in [0.2, 0.25) is 5.95 Å². The molecule has 0 unspecified atom stereocenters. The summed E-state index contributed by atoms with van der Waals surface area (Å²) in [4.78, 5) is 43.3. The molecule has 4 aromatic rings. The van der Waals surface area contributed by atoms with Gasteiger partial charge < -0.3 is 15.0 Å². The van der Waals surface area contributed by atoms with Gasteiger partial charge in [-0.05, 0) is 26.3 Å². The first-order chi connectivity index (χ1) is 18.3. The predicted molar refractivity (Wildman–Crippen MR) is 142 cm³/mol. The largest absolute Gasteiger partial charge is 0.496 e. The minimum absolute atomic E-state index is 0.0590. The van der Waals surface area contributed by atoms with Gasteiger partial charge in [0.25, 0.3) is 11.8 Å². The first-order valence-corrected chi connectivity index (χ1v) is 12.3. The highest BCUT2D eigenvalue weighted by molar-refractivity contribution is 6.34. The lowest BCUT2D eigenvalue weighted by Gasteiger charge is -2.13. The summed E-state index contributed by atoms with van der Waals surface area (Å²) < 4.78 is 7.43. The molecular formula is C27H24ClN7O3. The average Bonchev–Trinajstić information content (AvgIpc) is 3.35. The number of carbonyl (C=O) groups is 2. The summed E-state index contributed by atoms with van der Waals surface area (Å²) in [6.07, 6.45) is 7.53. The number of nitrogen functional groups attached to an aromatic ring is 1. The van der Waals surface area contributed by atoms with Gasteiger partial charge in [-0.1, -0.05) is 23.4 Å². The Balaban J connectivity index is 1.36. The van der Waals surface area contributed by atoms with Crippen LogP contribution in [0.5, 0.6) is 5.75 Å². The van der Waals surface area contributed by atoms with Gasteiger partial charge in [0, 0.05) is 48.9 Å². The predicted octanol–water partition coefficient (Wildman–Crippen LogP) is 3.56. The van der Waals surface area contributed by atoms with E-state index in [-0.39, 0.29) is 29.5 Å². The number of hydrogen-bond donors (Lipinski definition) is 1. The van der Waals surface area contributed by atoms with E-state index in [1.807, 2.05) is 24.6 Å². The molecule has 10 nitrogen and oxygen atoms in total. The molecule has 1 aliphatic rings. The zero-order valence-corrected chi connectivity index (χ0v) is 21.8. The number of aryl methyl sites for hydroxylation is 1. The van der Waals surface area contributed by atoms with Crippen LogP contribution in [-0.4, -0.2) is 54.9 Å². The van der Waals surface area contributed by atoms with E-state index in [2.05, 4.69) is 31.8 Å². The summed E-state index contributed by atoms with van der Waals surface area (Å²) >= 11 is 6.45. The maximum absolute atomic E-state index is 12.5. The number of pyridine rings is 2. The van der Waals surface area contributed by atoms with Crippen LogP contribution >= 0.6 is 11.6 Å². The van der Waals surface area contributed by atoms with Gasteiger partial charge in [-0.25, -0.2) is 4.98 Å². The zero-order chi connectivity index (χ0) is 27.0. The van der Waals surface area contributed by atoms with Crippen LogP contribution in [0.4, 0.5) is 5.95 Å². The molecule has 2 N–H and O–H groups in total. The second-order valence-corrected chi connectivity index (χ2v) is 9.23. The van der Waals surface area contributed by atoms with Crippen LogP contribution in [0.3, 0.4) is 0 Å². The van der Waals surface area contributed by atoms with Crippen LogP contribution in [0.1, 0.15) is 55.9 Å². The Bertz CT molecular complexity index is 1630. The molecule has 0 aliphatic carbocycles. The van der Waals surface area contributed by atoms with Crippen molar-refractivity contribution in [3.8, 4) is 17.6 Å². The molecule has 0 fully saturated rings. The first kappa shape index (κ1) is 25.2. The Morgan fingerprint density at radius 2 is 1.92 bits per heavy atom. The Morgan fingerprint density at radius 3 is 2.68 bits per heavy atom. The lowest BCUT2D eigenvalue weighted by molar-refractivity contribution is 0.0653. The number of methoxy groups -OCH3 is 1. The van der Waals surface area contributed by atoms with E-state index < -0.39 is 0 Å². The normalized spacial score (nSPS) is 12.6. The highest BCUT2D eigenvalue weighted by Gasteiger charge is 2.34. The number of nitrogens with two attached hydrogens (primary N) is 1. The van der Waals surface area contributed by atoms with Crippen molar-refractivity contribution in [3.05, 3.63) is 69.5 Å². The van der Waals surface area contributed by atoms with Crippen LogP contribution in [0.25, 0.3) is 11.0 Å². The van der Waals surface area contributed by atoms with Crippen molar-refractivity contribution in [2.75, 3.05) is 19.4 Å². The van der Waals surface area contributed by atoms with Crippen LogP contribution in [-0.2, 0) is 6.54 Å². The van der Waals surface area contributed by atoms with E-state index in [1.54, 1.807) is 19.4 Å². The second kappa shape index (κ2) is 10.1. The highest BCUT2D eigenvalue weighted by atomic mass is 35.5. The van der Waals surface area contributed by atoms with Gasteiger partial charge in [0.05, 0.1) is 41.4 Å². The van der Waals surface area contributed by atoms with Crippen LogP contribution in [0, 0.1) is 25.7 Å². The van der Waals surface area contributed by atoms with E-state index in [1.165, 1.54) is 17.3 Å². The van der Waals surface area contributed by atoms with Crippen molar-refractivity contribution >= 4 is 40.4 Å². The number of aromatic nitrogens is 5. The number of anilines is 1. The molecule has 0 saturated carbocycles. The van der Waals surface area contributed by atoms with Crippen LogP contribution in [0.2, 0.25) is 5.15 Å². The zero-order valence-electron chi connectivity index (χ0n) is 21.1. The number of hydrogen-bond acceptors (Lipinski definition) is 8. The lowest BCUT2D eigenvalue weighted by atomic mass is 10.1. The smallest absolute Gasteiger partial charge is 0.263 e. The molecule has 11 heteroatoms. The fourth-order valence-electron chi connectivity index (χ4n) is 4.59. The quantitative estimate of drug-likeness (QED) is 0.174. The number of ether oxygens (including phenoxy) is 1. The standard InChI is InChI=1S/C27H24ClN7O3/c1-15-11-31-20(16(2)22(15)38-3)14-34-13-17(21-23(28)32-27(29)33-24(21)34)7-5-4-6-10-35-25(36)18-8-9-30-12-19(18)26(35)37/h8-9,11-13H,4,6,10,14H2,1-3H3,(H2,29,32,33). The maximum atomic E-state index is 12.5. The van der Waals surface area contributed by atoms with Gasteiger partial charge in [0.1, 0.15) is 16.5 Å². The minimum Gasteiger partial charge on any atom is -0.496 e. The van der Waals surface area contributed by atoms with Gasteiger partial charge in [0.15, 0.2) is 0 Å². The number of fused-ring (bicyclic) bond motifs is 2. The van der Waals surface area contributed by atoms with Crippen molar-refractivity contribution in [3.63, 3.8) is 0 Å². The van der Waals surface area contributed by atoms with Crippen LogP contribution < -0.4 is 10.5 Å². The van der Waals surface area contributed by atoms with E-state index in [4.69, 9.17) is 22.1 Å². The minimum atomic E-state index is -0.327. The summed E-state index contributed by atoms with van der Waals surface area (Å²) in [7, 11) is 1.64. The molecule has 38 heavy (non-hydrogen) atoms. The summed E-state index contributed by atoms with van der Waals surface area (Å²) in [5, 5.41) is 0.805. The van der Waals surface area contributed by atoms with E-state index in [0.29, 0.717) is 47.1 Å². The monoisotopic (exact) mass is 529 g/mol. The molecule has 0 saturated heterocycles. The number of unbranched alkanes of at least 4 members (excludes halogenated alkanes) is 1. The molecule has 5 heterocycles. The van der Waals surface area contributed by atoms with Crippen molar-refractivity contribution in [2.24, 2.45) is 0 Å². The highest BCUT2D eigenvalue weighted by Crippen LogP contribution is 2.29. The molecular weight excluding hydrogens is 506 g/mol. The molecule has 5 rings (SSSR count). The molecule has 0 spiro atoms. The maximum Gasteiger partial charge on any atom is 0.263 e. The molecule has 0 bridgehead atoms. The van der Waals surface area contributed by atoms with Gasteiger partial charge in [-0.3, -0.25) is 24.5 Å². The van der Waals surface area contributed by atoms with Crippen molar-refractivity contribution in [1.29, 1.82) is 0 Å². The summed E-state index contributed by atoms with van der Waals surface area (Å²) in [6, 6.07) is 1.56. The summed E-state index contributed by atoms with van der Waals surface area (Å²) in [5.74, 6) is 6.48. The molecule has 0 radical (unpaired) electrons. The fourth-order valence-corrected chi connectivity index (χ4v) is 4.86.